The first-order chi connectivity index (χ1) is 14.6. The van der Waals surface area contributed by atoms with Crippen LogP contribution in [0.5, 0.6) is 5.75 Å². The van der Waals surface area contributed by atoms with Crippen LogP contribution < -0.4 is 9.64 Å². The van der Waals surface area contributed by atoms with E-state index >= 15 is 0 Å². The van der Waals surface area contributed by atoms with Crippen molar-refractivity contribution in [3.63, 3.8) is 0 Å². The molecule has 1 heterocycles. The third-order valence-electron chi connectivity index (χ3n) is 5.55. The van der Waals surface area contributed by atoms with E-state index in [4.69, 9.17) is 16.3 Å². The molecule has 6 nitrogen and oxygen atoms in total. The number of amides is 1. The average molecular weight is 465 g/mol. The normalized spacial score (nSPS) is 17.4. The molecule has 8 heteroatoms. The molecule has 2 aromatic rings. The Hall–Kier alpha value is -2.25. The largest absolute Gasteiger partial charge is 0.484 e. The Bertz CT molecular complexity index is 1030. The molecule has 0 bridgehead atoms. The standard InChI is InChI=1S/C23H29ClN2O4S/c1-16-11-21(12-17(2)23(16)24)30-14-22(27)26(20-9-10-31(28,29)15-20)13-18-5-7-19(8-6-18)25(3)4/h5-8,11-12,20H,9-10,13-15H2,1-4H3/t20-/m0/s1. The molecule has 2 aromatic carbocycles. The van der Waals surface area contributed by atoms with Gasteiger partial charge in [0.1, 0.15) is 5.75 Å². The molecule has 0 aliphatic carbocycles. The number of aryl methyl sites for hydroxylation is 2. The number of nitrogens with zero attached hydrogens (tertiary/aromatic N) is 2. The van der Waals surface area contributed by atoms with Gasteiger partial charge in [0.15, 0.2) is 16.4 Å². The maximum absolute atomic E-state index is 13.1. The van der Waals surface area contributed by atoms with Crippen LogP contribution in [-0.4, -0.2) is 57.5 Å². The molecule has 1 atom stereocenters. The quantitative estimate of drug-likeness (QED) is 0.626. The minimum absolute atomic E-state index is 0.00627. The van der Waals surface area contributed by atoms with Gasteiger partial charge in [-0.3, -0.25) is 4.79 Å². The van der Waals surface area contributed by atoms with Crippen LogP contribution in [0.1, 0.15) is 23.1 Å². The van der Waals surface area contributed by atoms with Crippen molar-refractivity contribution in [2.24, 2.45) is 0 Å². The highest BCUT2D eigenvalue weighted by atomic mass is 35.5. The number of halogens is 1. The Labute approximate surface area is 189 Å². The van der Waals surface area contributed by atoms with Gasteiger partial charge in [0.05, 0.1) is 11.5 Å². The van der Waals surface area contributed by atoms with Crippen LogP contribution in [0.25, 0.3) is 0 Å². The zero-order valence-electron chi connectivity index (χ0n) is 18.4. The lowest BCUT2D eigenvalue weighted by Gasteiger charge is -2.28. The summed E-state index contributed by atoms with van der Waals surface area (Å²) in [5.74, 6) is 0.441. The van der Waals surface area contributed by atoms with E-state index < -0.39 is 9.84 Å². The Kier molecular flexibility index (Phi) is 7.17. The van der Waals surface area contributed by atoms with Gasteiger partial charge in [-0.25, -0.2) is 8.42 Å². The topological polar surface area (TPSA) is 66.9 Å². The fourth-order valence-electron chi connectivity index (χ4n) is 3.76. The van der Waals surface area contributed by atoms with Crippen molar-refractivity contribution in [1.82, 2.24) is 4.90 Å². The highest BCUT2D eigenvalue weighted by molar-refractivity contribution is 7.91. The second-order valence-corrected chi connectivity index (χ2v) is 10.9. The SMILES string of the molecule is Cc1cc(OCC(=O)N(Cc2ccc(N(C)C)cc2)[C@H]2CCS(=O)(=O)C2)cc(C)c1Cl. The first kappa shape index (κ1) is 23.4. The van der Waals surface area contributed by atoms with E-state index in [2.05, 4.69) is 0 Å². The van der Waals surface area contributed by atoms with Gasteiger partial charge in [0.25, 0.3) is 5.91 Å². The number of carbonyl (C=O) groups is 1. The van der Waals surface area contributed by atoms with E-state index in [9.17, 15) is 13.2 Å². The summed E-state index contributed by atoms with van der Waals surface area (Å²) >= 11 is 6.21. The van der Waals surface area contributed by atoms with Crippen molar-refractivity contribution >= 4 is 33.0 Å². The molecule has 3 rings (SSSR count). The van der Waals surface area contributed by atoms with Crippen molar-refractivity contribution in [3.05, 3.63) is 58.1 Å². The predicted molar refractivity (Wildman–Crippen MR) is 125 cm³/mol. The number of carbonyl (C=O) groups excluding carboxylic acids is 1. The van der Waals surface area contributed by atoms with Gasteiger partial charge in [-0.2, -0.15) is 0 Å². The maximum atomic E-state index is 13.1. The minimum atomic E-state index is -3.12. The predicted octanol–water partition coefficient (Wildman–Crippen LogP) is 3.62. The van der Waals surface area contributed by atoms with Crippen LogP contribution in [-0.2, 0) is 21.2 Å². The lowest BCUT2D eigenvalue weighted by atomic mass is 10.1. The van der Waals surface area contributed by atoms with E-state index in [0.717, 1.165) is 22.4 Å². The van der Waals surface area contributed by atoms with Crippen molar-refractivity contribution in [2.45, 2.75) is 32.9 Å². The summed E-state index contributed by atoms with van der Waals surface area (Å²) < 4.78 is 29.8. The number of anilines is 1. The molecule has 0 radical (unpaired) electrons. The van der Waals surface area contributed by atoms with Gasteiger partial charge in [0.2, 0.25) is 0 Å². The van der Waals surface area contributed by atoms with Crippen LogP contribution >= 0.6 is 11.6 Å². The molecule has 1 amide bonds. The summed E-state index contributed by atoms with van der Waals surface area (Å²) in [5, 5.41) is 0.678. The van der Waals surface area contributed by atoms with Crippen molar-refractivity contribution in [3.8, 4) is 5.75 Å². The van der Waals surface area contributed by atoms with Crippen LogP contribution in [0, 0.1) is 13.8 Å². The van der Waals surface area contributed by atoms with Crippen LogP contribution in [0.15, 0.2) is 36.4 Å². The Morgan fingerprint density at radius 2 is 1.74 bits per heavy atom. The van der Waals surface area contributed by atoms with Gasteiger partial charge in [-0.05, 0) is 61.2 Å². The number of hydrogen-bond acceptors (Lipinski definition) is 5. The molecule has 0 aromatic heterocycles. The van der Waals surface area contributed by atoms with Gasteiger partial charge in [-0.15, -0.1) is 0 Å². The van der Waals surface area contributed by atoms with E-state index in [1.165, 1.54) is 0 Å². The Morgan fingerprint density at radius 3 is 2.26 bits per heavy atom. The third-order valence-corrected chi connectivity index (χ3v) is 7.89. The molecule has 31 heavy (non-hydrogen) atoms. The molecule has 0 N–H and O–H groups in total. The summed E-state index contributed by atoms with van der Waals surface area (Å²) in [6.07, 6.45) is 0.447. The van der Waals surface area contributed by atoms with E-state index in [1.54, 1.807) is 17.0 Å². The second kappa shape index (κ2) is 9.49. The second-order valence-electron chi connectivity index (χ2n) is 8.30. The number of benzene rings is 2. The highest BCUT2D eigenvalue weighted by Crippen LogP contribution is 2.26. The summed E-state index contributed by atoms with van der Waals surface area (Å²) in [4.78, 5) is 16.7. The molecular formula is C23H29ClN2O4S. The van der Waals surface area contributed by atoms with Gasteiger partial charge in [-0.1, -0.05) is 23.7 Å². The van der Waals surface area contributed by atoms with Crippen molar-refractivity contribution in [1.29, 1.82) is 0 Å². The zero-order chi connectivity index (χ0) is 22.8. The highest BCUT2D eigenvalue weighted by Gasteiger charge is 2.34. The molecule has 168 valence electrons. The smallest absolute Gasteiger partial charge is 0.261 e. The number of ether oxygens (including phenoxy) is 1. The minimum Gasteiger partial charge on any atom is -0.484 e. The van der Waals surface area contributed by atoms with Gasteiger partial charge in [0, 0.05) is 37.4 Å². The monoisotopic (exact) mass is 464 g/mol. The Morgan fingerprint density at radius 1 is 1.13 bits per heavy atom. The Balaban J connectivity index is 1.76. The van der Waals surface area contributed by atoms with Crippen molar-refractivity contribution < 1.29 is 17.9 Å². The lowest BCUT2D eigenvalue weighted by molar-refractivity contribution is -0.136. The summed E-state index contributed by atoms with van der Waals surface area (Å²) in [5.41, 5.74) is 3.76. The fourth-order valence-corrected chi connectivity index (χ4v) is 5.60. The average Bonchev–Trinajstić information content (AvgIpc) is 3.08. The summed E-state index contributed by atoms with van der Waals surface area (Å²) in [7, 11) is 0.805. The van der Waals surface area contributed by atoms with E-state index in [-0.39, 0.29) is 30.1 Å². The first-order valence-corrected chi connectivity index (χ1v) is 12.4. The van der Waals surface area contributed by atoms with Crippen LogP contribution in [0.3, 0.4) is 0 Å². The van der Waals surface area contributed by atoms with Gasteiger partial charge >= 0.3 is 0 Å². The molecule has 0 saturated carbocycles. The summed E-state index contributed by atoms with van der Waals surface area (Å²) in [6, 6.07) is 11.2. The third kappa shape index (κ3) is 5.92. The lowest BCUT2D eigenvalue weighted by Crippen LogP contribution is -2.43. The number of rotatable bonds is 7. The molecule has 1 aliphatic rings. The number of hydrogen-bond donors (Lipinski definition) is 0. The molecule has 0 unspecified atom stereocenters. The van der Waals surface area contributed by atoms with Crippen LogP contribution in [0.4, 0.5) is 5.69 Å². The van der Waals surface area contributed by atoms with Crippen molar-refractivity contribution in [2.75, 3.05) is 37.1 Å². The van der Waals surface area contributed by atoms with Gasteiger partial charge < -0.3 is 14.5 Å². The fraction of sp³-hybridized carbons (Fsp3) is 0.435. The van der Waals surface area contributed by atoms with E-state index in [0.29, 0.717) is 23.7 Å². The first-order valence-electron chi connectivity index (χ1n) is 10.2. The van der Waals surface area contributed by atoms with E-state index in [1.807, 2.05) is 57.1 Å². The maximum Gasteiger partial charge on any atom is 0.261 e. The van der Waals surface area contributed by atoms with Crippen LogP contribution in [0.2, 0.25) is 5.02 Å². The zero-order valence-corrected chi connectivity index (χ0v) is 20.0. The molecule has 1 saturated heterocycles. The number of sulfone groups is 1. The molecule has 1 fully saturated rings. The summed E-state index contributed by atoms with van der Waals surface area (Å²) in [6.45, 7) is 3.95. The molecule has 1 aliphatic heterocycles. The molecular weight excluding hydrogens is 436 g/mol. The molecule has 0 spiro atoms.